The minimum absolute atomic E-state index is 0.133. The summed E-state index contributed by atoms with van der Waals surface area (Å²) in [6, 6.07) is 4.68. The van der Waals surface area contributed by atoms with E-state index < -0.39 is 5.82 Å². The fourth-order valence-corrected chi connectivity index (χ4v) is 3.60. The van der Waals surface area contributed by atoms with Gasteiger partial charge in [0.15, 0.2) is 0 Å². The highest BCUT2D eigenvalue weighted by molar-refractivity contribution is 5.94. The lowest BCUT2D eigenvalue weighted by Crippen LogP contribution is -2.42. The number of aryl methyl sites for hydroxylation is 1. The fourth-order valence-electron chi connectivity index (χ4n) is 3.60. The lowest BCUT2D eigenvalue weighted by molar-refractivity contribution is 0.0674. The predicted molar refractivity (Wildman–Crippen MR) is 125 cm³/mol. The van der Waals surface area contributed by atoms with Gasteiger partial charge < -0.3 is 4.90 Å². The molecule has 5 heteroatoms. The van der Waals surface area contributed by atoms with Gasteiger partial charge in [0.1, 0.15) is 5.82 Å². The SMILES string of the molecule is C=C(C)N(/N=C\C)/C(=C\C(C)C)C1CCCN(C(=O)c2cc(C)ccc2F)C1.CC. The Kier molecular flexibility index (Phi) is 10.5. The van der Waals surface area contributed by atoms with Crippen molar-refractivity contribution in [2.75, 3.05) is 13.1 Å². The van der Waals surface area contributed by atoms with Crippen molar-refractivity contribution in [3.05, 3.63) is 59.2 Å². The molecule has 0 spiro atoms. The van der Waals surface area contributed by atoms with Gasteiger partial charge in [0.05, 0.1) is 5.56 Å². The average molecular weight is 416 g/mol. The Labute approximate surface area is 182 Å². The zero-order chi connectivity index (χ0) is 22.8. The van der Waals surface area contributed by atoms with Crippen LogP contribution < -0.4 is 0 Å². The average Bonchev–Trinajstić information content (AvgIpc) is 2.73. The first kappa shape index (κ1) is 25.6. The van der Waals surface area contributed by atoms with Gasteiger partial charge in [-0.15, -0.1) is 0 Å². The van der Waals surface area contributed by atoms with Crippen LogP contribution in [0.5, 0.6) is 0 Å². The van der Waals surface area contributed by atoms with Crippen LogP contribution in [0.15, 0.2) is 47.3 Å². The molecule has 4 nitrogen and oxygen atoms in total. The van der Waals surface area contributed by atoms with Crippen molar-refractivity contribution in [1.29, 1.82) is 0 Å². The molecule has 0 N–H and O–H groups in total. The van der Waals surface area contributed by atoms with Crippen molar-refractivity contribution >= 4 is 12.1 Å². The number of hydrazone groups is 1. The lowest BCUT2D eigenvalue weighted by Gasteiger charge is -2.37. The summed E-state index contributed by atoms with van der Waals surface area (Å²) in [6.45, 7) is 19.2. The maximum Gasteiger partial charge on any atom is 0.256 e. The largest absolute Gasteiger partial charge is 0.338 e. The summed E-state index contributed by atoms with van der Waals surface area (Å²) in [6.07, 6.45) is 5.77. The number of hydrogen-bond acceptors (Lipinski definition) is 3. The summed E-state index contributed by atoms with van der Waals surface area (Å²) < 4.78 is 14.2. The molecule has 30 heavy (non-hydrogen) atoms. The number of benzene rings is 1. The van der Waals surface area contributed by atoms with Crippen molar-refractivity contribution in [3.63, 3.8) is 0 Å². The van der Waals surface area contributed by atoms with Crippen molar-refractivity contribution in [3.8, 4) is 0 Å². The van der Waals surface area contributed by atoms with Crippen molar-refractivity contribution in [2.45, 2.75) is 61.3 Å². The van der Waals surface area contributed by atoms with Crippen LogP contribution in [-0.4, -0.2) is 35.1 Å². The minimum Gasteiger partial charge on any atom is -0.338 e. The smallest absolute Gasteiger partial charge is 0.256 e. The highest BCUT2D eigenvalue weighted by Crippen LogP contribution is 2.30. The van der Waals surface area contributed by atoms with Gasteiger partial charge in [0.2, 0.25) is 0 Å². The number of likely N-dealkylation sites (tertiary alicyclic amines) is 1. The van der Waals surface area contributed by atoms with Crippen molar-refractivity contribution in [1.82, 2.24) is 9.91 Å². The Morgan fingerprint density at radius 3 is 2.60 bits per heavy atom. The van der Waals surface area contributed by atoms with E-state index in [0.29, 0.717) is 19.0 Å². The second-order valence-electron chi connectivity index (χ2n) is 7.83. The van der Waals surface area contributed by atoms with Gasteiger partial charge >= 0.3 is 0 Å². The summed E-state index contributed by atoms with van der Waals surface area (Å²) in [5.41, 5.74) is 2.92. The third-order valence-corrected chi connectivity index (χ3v) is 4.82. The maximum absolute atomic E-state index is 14.2. The van der Waals surface area contributed by atoms with Gasteiger partial charge in [0, 0.05) is 36.6 Å². The molecular weight excluding hydrogens is 377 g/mol. The number of amides is 1. The number of halogens is 1. The zero-order valence-electron chi connectivity index (χ0n) is 19.7. The summed E-state index contributed by atoms with van der Waals surface area (Å²) in [4.78, 5) is 14.8. The molecule has 1 fully saturated rings. The van der Waals surface area contributed by atoms with Gasteiger partial charge in [-0.3, -0.25) is 4.79 Å². The number of rotatable bonds is 6. The molecule has 0 aliphatic carbocycles. The van der Waals surface area contributed by atoms with Gasteiger partial charge in [-0.25, -0.2) is 9.40 Å². The van der Waals surface area contributed by atoms with E-state index in [1.165, 1.54) is 6.07 Å². The number of allylic oxidation sites excluding steroid dienone is 2. The molecule has 0 aromatic heterocycles. The van der Waals surface area contributed by atoms with E-state index in [1.807, 2.05) is 39.6 Å². The maximum atomic E-state index is 14.2. The van der Waals surface area contributed by atoms with Gasteiger partial charge in [-0.1, -0.05) is 52.0 Å². The summed E-state index contributed by atoms with van der Waals surface area (Å²) >= 11 is 0. The third kappa shape index (κ3) is 6.82. The quantitative estimate of drug-likeness (QED) is 0.398. The molecule has 0 radical (unpaired) electrons. The van der Waals surface area contributed by atoms with Gasteiger partial charge in [0.25, 0.3) is 5.91 Å². The van der Waals surface area contributed by atoms with E-state index in [2.05, 4.69) is 31.6 Å². The lowest BCUT2D eigenvalue weighted by atomic mass is 9.91. The van der Waals surface area contributed by atoms with Crippen LogP contribution in [0.3, 0.4) is 0 Å². The van der Waals surface area contributed by atoms with Crippen molar-refractivity contribution < 1.29 is 9.18 Å². The van der Waals surface area contributed by atoms with E-state index in [-0.39, 0.29) is 17.4 Å². The van der Waals surface area contributed by atoms with Crippen LogP contribution in [0.4, 0.5) is 4.39 Å². The number of carbonyl (C=O) groups is 1. The van der Waals surface area contributed by atoms with E-state index in [0.717, 1.165) is 29.8 Å². The highest BCUT2D eigenvalue weighted by atomic mass is 19.1. The number of piperidine rings is 1. The van der Waals surface area contributed by atoms with Crippen molar-refractivity contribution in [2.24, 2.45) is 16.9 Å². The summed E-state index contributed by atoms with van der Waals surface area (Å²) in [5, 5.41) is 6.35. The number of carbonyl (C=O) groups excluding carboxylic acids is 1. The Bertz CT molecular complexity index is 783. The number of nitrogens with zero attached hydrogens (tertiary/aromatic N) is 3. The fraction of sp³-hybridized carbons (Fsp3) is 0.520. The first-order chi connectivity index (χ1) is 14.2. The second-order valence-corrected chi connectivity index (χ2v) is 7.83. The summed E-state index contributed by atoms with van der Waals surface area (Å²) in [5.74, 6) is -0.233. The Morgan fingerprint density at radius 2 is 2.03 bits per heavy atom. The first-order valence-corrected chi connectivity index (χ1v) is 11.0. The second kappa shape index (κ2) is 12.3. The van der Waals surface area contributed by atoms with Crippen LogP contribution in [0.25, 0.3) is 0 Å². The van der Waals surface area contributed by atoms with E-state index in [9.17, 15) is 9.18 Å². The molecule has 166 valence electrons. The Hall–Kier alpha value is -2.43. The topological polar surface area (TPSA) is 35.9 Å². The van der Waals surface area contributed by atoms with E-state index in [1.54, 1.807) is 23.2 Å². The highest BCUT2D eigenvalue weighted by Gasteiger charge is 2.30. The molecule has 1 atom stereocenters. The van der Waals surface area contributed by atoms with Crippen LogP contribution >= 0.6 is 0 Å². The van der Waals surface area contributed by atoms with Gasteiger partial charge in [-0.2, -0.15) is 5.10 Å². The monoisotopic (exact) mass is 415 g/mol. The molecule has 2 rings (SSSR count). The summed E-state index contributed by atoms with van der Waals surface area (Å²) in [7, 11) is 0. The van der Waals surface area contributed by atoms with Crippen LogP contribution in [0.2, 0.25) is 0 Å². The predicted octanol–water partition coefficient (Wildman–Crippen LogP) is 6.39. The standard InChI is InChI=1S/C23H32FN3O.C2H6/c1-7-25-27(17(4)5)22(13-16(2)3)19-9-8-12-26(15-19)23(28)20-14-18(6)10-11-21(20)24;1-2/h7,10-11,13-14,16,19H,4,8-9,12,15H2,1-3,5-6H3;1-2H3/b22-13-,25-7-;. The first-order valence-electron chi connectivity index (χ1n) is 11.0. The van der Waals surface area contributed by atoms with Crippen LogP contribution in [0, 0.1) is 24.6 Å². The molecule has 0 saturated carbocycles. The van der Waals surface area contributed by atoms with Crippen LogP contribution in [-0.2, 0) is 0 Å². The molecule has 1 aromatic carbocycles. The molecule has 1 unspecified atom stereocenters. The molecule has 1 aliphatic rings. The molecule has 1 heterocycles. The van der Waals surface area contributed by atoms with Gasteiger partial charge in [-0.05, 0) is 51.7 Å². The zero-order valence-corrected chi connectivity index (χ0v) is 19.7. The number of hydrogen-bond donors (Lipinski definition) is 0. The van der Waals surface area contributed by atoms with Crippen LogP contribution in [0.1, 0.15) is 70.3 Å². The molecule has 0 bridgehead atoms. The molecule has 1 aliphatic heterocycles. The molecular formula is C25H38FN3O. The van der Waals surface area contributed by atoms with E-state index >= 15 is 0 Å². The molecule has 1 saturated heterocycles. The molecule has 1 aromatic rings. The molecule has 1 amide bonds. The van der Waals surface area contributed by atoms with E-state index in [4.69, 9.17) is 0 Å². The third-order valence-electron chi connectivity index (χ3n) is 4.82. The Morgan fingerprint density at radius 1 is 1.37 bits per heavy atom. The normalized spacial score (nSPS) is 17.0. The Balaban J connectivity index is 0.00000218. The minimum atomic E-state index is -0.463.